The zero-order valence-electron chi connectivity index (χ0n) is 9.28. The molecular weight excluding hydrogens is 454 g/mol. The van der Waals surface area contributed by atoms with Gasteiger partial charge in [-0.15, -0.1) is 0 Å². The molecule has 2 aromatic carbocycles. The first-order valence-corrected chi connectivity index (χ1v) is 7.29. The van der Waals surface area contributed by atoms with Crippen molar-refractivity contribution in [2.24, 2.45) is 0 Å². The number of nitrogen functional groups attached to an aromatic ring is 2. The lowest BCUT2D eigenvalue weighted by Gasteiger charge is -2.05. The molecule has 0 aliphatic carbocycles. The van der Waals surface area contributed by atoms with E-state index in [4.69, 9.17) is 11.5 Å². The van der Waals surface area contributed by atoms with E-state index in [1.165, 1.54) is 0 Å². The first-order valence-electron chi connectivity index (χ1n) is 5.14. The highest BCUT2D eigenvalue weighted by Gasteiger charge is 2.11. The molecule has 0 fully saturated rings. The third kappa shape index (κ3) is 2.77. The number of anilines is 2. The number of rotatable bonds is 2. The van der Waals surface area contributed by atoms with Crippen LogP contribution in [0.5, 0.6) is 0 Å². The Hall–Kier alpha value is -0.830. The van der Waals surface area contributed by atoms with Gasteiger partial charge >= 0.3 is 0 Å². The summed E-state index contributed by atoms with van der Waals surface area (Å²) in [5.41, 5.74) is 14.0. The zero-order chi connectivity index (χ0) is 13.3. The molecule has 0 aliphatic heterocycles. The van der Waals surface area contributed by atoms with Gasteiger partial charge in [-0.2, -0.15) is 0 Å². The van der Waals surface area contributed by atoms with Gasteiger partial charge in [-0.3, -0.25) is 4.79 Å². The van der Waals surface area contributed by atoms with Crippen LogP contribution in [0.3, 0.4) is 0 Å². The highest BCUT2D eigenvalue weighted by atomic mass is 127. The van der Waals surface area contributed by atoms with Crippen molar-refractivity contribution < 1.29 is 4.79 Å². The number of hydrogen-bond acceptors (Lipinski definition) is 3. The number of ketones is 1. The summed E-state index contributed by atoms with van der Waals surface area (Å²) in [4.78, 5) is 12.3. The molecule has 4 N–H and O–H groups in total. The molecule has 2 aromatic rings. The molecule has 0 aromatic heterocycles. The summed E-state index contributed by atoms with van der Waals surface area (Å²) in [5.74, 6) is -0.0683. The molecule has 0 saturated carbocycles. The highest BCUT2D eigenvalue weighted by molar-refractivity contribution is 14.1. The molecule has 5 heteroatoms. The average Bonchev–Trinajstić information content (AvgIpc) is 2.35. The van der Waals surface area contributed by atoms with Gasteiger partial charge in [-0.1, -0.05) is 0 Å². The van der Waals surface area contributed by atoms with E-state index in [1.807, 2.05) is 12.1 Å². The Balaban J connectivity index is 2.41. The van der Waals surface area contributed by atoms with Gasteiger partial charge in [0.05, 0.1) is 0 Å². The van der Waals surface area contributed by atoms with Crippen molar-refractivity contribution in [3.63, 3.8) is 0 Å². The third-order valence-electron chi connectivity index (χ3n) is 2.52. The van der Waals surface area contributed by atoms with Crippen molar-refractivity contribution in [2.75, 3.05) is 11.5 Å². The van der Waals surface area contributed by atoms with Gasteiger partial charge in [0.2, 0.25) is 0 Å². The smallest absolute Gasteiger partial charge is 0.193 e. The summed E-state index contributed by atoms with van der Waals surface area (Å²) in [7, 11) is 0. The second kappa shape index (κ2) is 5.43. The van der Waals surface area contributed by atoms with Gasteiger partial charge in [0, 0.05) is 29.6 Å². The Bertz CT molecular complexity index is 573. The summed E-state index contributed by atoms with van der Waals surface area (Å²) in [6.07, 6.45) is 0. The standard InChI is InChI=1S/C13H10I2N2O/c14-9-3-1-7(5-11(9)16)13(18)8-2-4-10(15)12(17)6-8/h1-6H,16-17H2. The lowest BCUT2D eigenvalue weighted by atomic mass is 10.0. The Kier molecular flexibility index (Phi) is 4.10. The summed E-state index contributed by atoms with van der Waals surface area (Å²) >= 11 is 4.26. The lowest BCUT2D eigenvalue weighted by molar-refractivity contribution is 0.103. The van der Waals surface area contributed by atoms with Crippen molar-refractivity contribution in [2.45, 2.75) is 0 Å². The molecule has 0 radical (unpaired) electrons. The predicted molar refractivity (Wildman–Crippen MR) is 90.6 cm³/mol. The summed E-state index contributed by atoms with van der Waals surface area (Å²) in [6.45, 7) is 0. The van der Waals surface area contributed by atoms with Crippen LogP contribution < -0.4 is 11.5 Å². The lowest BCUT2D eigenvalue weighted by Crippen LogP contribution is -2.04. The van der Waals surface area contributed by atoms with Crippen LogP contribution in [-0.4, -0.2) is 5.78 Å². The van der Waals surface area contributed by atoms with Gasteiger partial charge in [0.25, 0.3) is 0 Å². The third-order valence-corrected chi connectivity index (χ3v) is 4.48. The normalized spacial score (nSPS) is 10.3. The van der Waals surface area contributed by atoms with E-state index in [9.17, 15) is 4.79 Å². The predicted octanol–water partition coefficient (Wildman–Crippen LogP) is 3.29. The van der Waals surface area contributed by atoms with Crippen molar-refractivity contribution in [1.29, 1.82) is 0 Å². The van der Waals surface area contributed by atoms with E-state index in [0.717, 1.165) is 7.14 Å². The number of halogens is 2. The van der Waals surface area contributed by atoms with Gasteiger partial charge in [0.1, 0.15) is 0 Å². The molecule has 92 valence electrons. The SMILES string of the molecule is Nc1cc(C(=O)c2ccc(I)c(N)c2)ccc1I. The monoisotopic (exact) mass is 464 g/mol. The molecule has 0 saturated heterocycles. The molecule has 3 nitrogen and oxygen atoms in total. The van der Waals surface area contributed by atoms with Crippen LogP contribution in [0.4, 0.5) is 11.4 Å². The Labute approximate surface area is 132 Å². The molecule has 18 heavy (non-hydrogen) atoms. The minimum atomic E-state index is -0.0683. The fourth-order valence-corrected chi connectivity index (χ4v) is 2.21. The number of hydrogen-bond donors (Lipinski definition) is 2. The van der Waals surface area contributed by atoms with Crippen LogP contribution in [0.2, 0.25) is 0 Å². The van der Waals surface area contributed by atoms with E-state index in [1.54, 1.807) is 24.3 Å². The maximum Gasteiger partial charge on any atom is 0.193 e. The number of carbonyl (C=O) groups is 1. The Morgan fingerprint density at radius 1 is 0.833 bits per heavy atom. The summed E-state index contributed by atoms with van der Waals surface area (Å²) in [5, 5.41) is 0. The topological polar surface area (TPSA) is 69.1 Å². The number of nitrogens with two attached hydrogens (primary N) is 2. The van der Waals surface area contributed by atoms with Crippen LogP contribution in [-0.2, 0) is 0 Å². The largest absolute Gasteiger partial charge is 0.398 e. The van der Waals surface area contributed by atoms with Gasteiger partial charge in [0.15, 0.2) is 5.78 Å². The quantitative estimate of drug-likeness (QED) is 0.408. The second-order valence-corrected chi connectivity index (χ2v) is 6.13. The van der Waals surface area contributed by atoms with Gasteiger partial charge in [-0.25, -0.2) is 0 Å². The minimum Gasteiger partial charge on any atom is -0.398 e. The van der Waals surface area contributed by atoms with Crippen molar-refractivity contribution in [3.8, 4) is 0 Å². The maximum absolute atomic E-state index is 12.3. The molecule has 0 unspecified atom stereocenters. The van der Waals surface area contributed by atoms with Gasteiger partial charge in [-0.05, 0) is 81.6 Å². The Morgan fingerprint density at radius 2 is 1.22 bits per heavy atom. The highest BCUT2D eigenvalue weighted by Crippen LogP contribution is 2.21. The van der Waals surface area contributed by atoms with E-state index in [0.29, 0.717) is 22.5 Å². The van der Waals surface area contributed by atoms with Crippen molar-refractivity contribution in [1.82, 2.24) is 0 Å². The van der Waals surface area contributed by atoms with Crippen molar-refractivity contribution in [3.05, 3.63) is 54.7 Å². The fourth-order valence-electron chi connectivity index (χ4n) is 1.54. The number of carbonyl (C=O) groups excluding carboxylic acids is 1. The summed E-state index contributed by atoms with van der Waals surface area (Å²) < 4.78 is 1.87. The molecular formula is C13H10I2N2O. The summed E-state index contributed by atoms with van der Waals surface area (Å²) in [6, 6.07) is 10.6. The number of benzene rings is 2. The average molecular weight is 464 g/mol. The first-order chi connectivity index (χ1) is 8.49. The molecule has 0 heterocycles. The van der Waals surface area contributed by atoms with E-state index in [2.05, 4.69) is 45.2 Å². The van der Waals surface area contributed by atoms with Crippen LogP contribution >= 0.6 is 45.2 Å². The van der Waals surface area contributed by atoms with E-state index in [-0.39, 0.29) is 5.78 Å². The van der Waals surface area contributed by atoms with Crippen LogP contribution in [0, 0.1) is 7.14 Å². The molecule has 0 aliphatic rings. The van der Waals surface area contributed by atoms with Gasteiger partial charge < -0.3 is 11.5 Å². The Morgan fingerprint density at radius 3 is 1.56 bits per heavy atom. The molecule has 0 spiro atoms. The van der Waals surface area contributed by atoms with Crippen molar-refractivity contribution >= 4 is 62.3 Å². The second-order valence-electron chi connectivity index (χ2n) is 3.80. The molecule has 0 bridgehead atoms. The van der Waals surface area contributed by atoms with Crippen LogP contribution in [0.1, 0.15) is 15.9 Å². The minimum absolute atomic E-state index is 0.0683. The fraction of sp³-hybridized carbons (Fsp3) is 0. The van der Waals surface area contributed by atoms with Crippen LogP contribution in [0.25, 0.3) is 0 Å². The van der Waals surface area contributed by atoms with E-state index < -0.39 is 0 Å². The maximum atomic E-state index is 12.3. The van der Waals surface area contributed by atoms with Crippen LogP contribution in [0.15, 0.2) is 36.4 Å². The van der Waals surface area contributed by atoms with E-state index >= 15 is 0 Å². The zero-order valence-corrected chi connectivity index (χ0v) is 13.6. The molecule has 0 amide bonds. The molecule has 0 atom stereocenters. The first kappa shape index (κ1) is 13.6. The molecule has 2 rings (SSSR count).